The minimum atomic E-state index is -0.400. The third kappa shape index (κ3) is 3.23. The third-order valence-electron chi connectivity index (χ3n) is 4.05. The van der Waals surface area contributed by atoms with Crippen molar-refractivity contribution in [2.24, 2.45) is 0 Å². The summed E-state index contributed by atoms with van der Waals surface area (Å²) in [4.78, 5) is 23.7. The highest BCUT2D eigenvalue weighted by atomic mass is 35.5. The van der Waals surface area contributed by atoms with Crippen molar-refractivity contribution < 1.29 is 14.6 Å². The van der Waals surface area contributed by atoms with Crippen LogP contribution in [0.15, 0.2) is 24.4 Å². The number of phenols is 1. The third-order valence-corrected chi connectivity index (χ3v) is 5.61. The number of hydrogen-bond acceptors (Lipinski definition) is 7. The number of ether oxygens (including phenoxy) is 1. The first-order chi connectivity index (χ1) is 12.5. The lowest BCUT2D eigenvalue weighted by Gasteiger charge is -2.25. The van der Waals surface area contributed by atoms with Crippen LogP contribution in [0.5, 0.6) is 5.75 Å². The second kappa shape index (κ2) is 7.00. The van der Waals surface area contributed by atoms with Gasteiger partial charge in [-0.25, -0.2) is 4.98 Å². The van der Waals surface area contributed by atoms with Gasteiger partial charge in [-0.3, -0.25) is 4.79 Å². The van der Waals surface area contributed by atoms with Gasteiger partial charge in [-0.1, -0.05) is 34.5 Å². The highest BCUT2D eigenvalue weighted by Crippen LogP contribution is 2.34. The van der Waals surface area contributed by atoms with Crippen LogP contribution in [0, 0.1) is 0 Å². The Balaban J connectivity index is 1.70. The number of aromatic hydroxyl groups is 1. The number of nitrogens with zero attached hydrogens (tertiary/aromatic N) is 3. The van der Waals surface area contributed by atoms with Crippen molar-refractivity contribution in [2.75, 3.05) is 31.2 Å². The molecule has 1 aromatic carbocycles. The molecule has 3 heterocycles. The van der Waals surface area contributed by atoms with Gasteiger partial charge in [0.25, 0.3) is 0 Å². The molecule has 0 bridgehead atoms. The molecule has 0 radical (unpaired) electrons. The number of thiazole rings is 1. The molecule has 0 atom stereocenters. The SMILES string of the molecule is O=C(c1cnc2nc(N3CCOCC3)sc2c1)c1cc(Cl)cc(Cl)c1O. The number of ketones is 1. The van der Waals surface area contributed by atoms with Gasteiger partial charge in [0, 0.05) is 29.9 Å². The van der Waals surface area contributed by atoms with Crippen LogP contribution in [0.25, 0.3) is 10.3 Å². The van der Waals surface area contributed by atoms with Crippen molar-refractivity contribution in [3.05, 3.63) is 45.6 Å². The Labute approximate surface area is 163 Å². The largest absolute Gasteiger partial charge is 0.506 e. The molecular formula is C17H13Cl2N3O3S. The molecule has 6 nitrogen and oxygen atoms in total. The van der Waals surface area contributed by atoms with E-state index in [9.17, 15) is 9.90 Å². The lowest BCUT2D eigenvalue weighted by molar-refractivity contribution is 0.103. The number of halogens is 2. The smallest absolute Gasteiger partial charge is 0.198 e. The molecule has 134 valence electrons. The monoisotopic (exact) mass is 409 g/mol. The number of benzene rings is 1. The molecule has 2 aromatic heterocycles. The number of carbonyl (C=O) groups excluding carboxylic acids is 1. The van der Waals surface area contributed by atoms with E-state index in [-0.39, 0.29) is 21.4 Å². The van der Waals surface area contributed by atoms with Crippen LogP contribution in [0.2, 0.25) is 10.0 Å². The summed E-state index contributed by atoms with van der Waals surface area (Å²) in [5.74, 6) is -0.693. The summed E-state index contributed by atoms with van der Waals surface area (Å²) in [5, 5.41) is 11.2. The van der Waals surface area contributed by atoms with Gasteiger partial charge in [-0.2, -0.15) is 4.98 Å². The Kier molecular flexibility index (Phi) is 4.71. The van der Waals surface area contributed by atoms with Gasteiger partial charge in [-0.05, 0) is 18.2 Å². The molecule has 26 heavy (non-hydrogen) atoms. The Bertz CT molecular complexity index is 1000. The van der Waals surface area contributed by atoms with Crippen LogP contribution >= 0.6 is 34.5 Å². The van der Waals surface area contributed by atoms with Crippen molar-refractivity contribution in [1.29, 1.82) is 0 Å². The predicted octanol–water partition coefficient (Wildman–Crippen LogP) is 3.77. The second-order valence-electron chi connectivity index (χ2n) is 5.75. The molecule has 1 saturated heterocycles. The van der Waals surface area contributed by atoms with Gasteiger partial charge in [0.1, 0.15) is 5.75 Å². The molecule has 1 aliphatic heterocycles. The summed E-state index contributed by atoms with van der Waals surface area (Å²) < 4.78 is 6.15. The lowest BCUT2D eigenvalue weighted by atomic mass is 10.0. The zero-order valence-corrected chi connectivity index (χ0v) is 15.7. The van der Waals surface area contributed by atoms with E-state index >= 15 is 0 Å². The maximum atomic E-state index is 12.8. The minimum absolute atomic E-state index is 0.0299. The topological polar surface area (TPSA) is 75.6 Å². The molecule has 4 rings (SSSR count). The molecule has 1 fully saturated rings. The number of carbonyl (C=O) groups is 1. The number of anilines is 1. The van der Waals surface area contributed by atoms with Gasteiger partial charge in [0.15, 0.2) is 16.6 Å². The molecule has 1 N–H and O–H groups in total. The van der Waals surface area contributed by atoms with E-state index in [1.807, 2.05) is 0 Å². The van der Waals surface area contributed by atoms with Gasteiger partial charge in [0.05, 0.1) is 28.5 Å². The van der Waals surface area contributed by atoms with E-state index < -0.39 is 5.78 Å². The first-order valence-electron chi connectivity index (χ1n) is 7.85. The van der Waals surface area contributed by atoms with Gasteiger partial charge in [0.2, 0.25) is 0 Å². The Morgan fingerprint density at radius 1 is 1.23 bits per heavy atom. The van der Waals surface area contributed by atoms with Gasteiger partial charge < -0.3 is 14.7 Å². The molecule has 0 amide bonds. The maximum Gasteiger partial charge on any atom is 0.198 e. The normalized spacial score (nSPS) is 14.8. The van der Waals surface area contributed by atoms with Crippen LogP contribution in [0.1, 0.15) is 15.9 Å². The Morgan fingerprint density at radius 3 is 2.77 bits per heavy atom. The van der Waals surface area contributed by atoms with Crippen LogP contribution < -0.4 is 4.90 Å². The van der Waals surface area contributed by atoms with E-state index in [2.05, 4.69) is 14.9 Å². The molecule has 9 heteroatoms. The van der Waals surface area contributed by atoms with Crippen molar-refractivity contribution in [3.63, 3.8) is 0 Å². The fourth-order valence-corrected chi connectivity index (χ4v) is 4.23. The van der Waals surface area contributed by atoms with Gasteiger partial charge in [-0.15, -0.1) is 0 Å². The number of phenolic OH excluding ortho intramolecular Hbond substituents is 1. The van der Waals surface area contributed by atoms with E-state index in [0.717, 1.165) is 22.9 Å². The van der Waals surface area contributed by atoms with E-state index in [4.69, 9.17) is 27.9 Å². The number of fused-ring (bicyclic) bond motifs is 1. The van der Waals surface area contributed by atoms with Crippen molar-refractivity contribution in [3.8, 4) is 5.75 Å². The van der Waals surface area contributed by atoms with Gasteiger partial charge >= 0.3 is 0 Å². The van der Waals surface area contributed by atoms with Crippen LogP contribution in [0.3, 0.4) is 0 Å². The minimum Gasteiger partial charge on any atom is -0.506 e. The lowest BCUT2D eigenvalue weighted by Crippen LogP contribution is -2.36. The molecule has 0 spiro atoms. The highest BCUT2D eigenvalue weighted by molar-refractivity contribution is 7.22. The number of hydrogen-bond donors (Lipinski definition) is 1. The fourth-order valence-electron chi connectivity index (χ4n) is 2.72. The number of aromatic nitrogens is 2. The van der Waals surface area contributed by atoms with E-state index in [1.54, 1.807) is 6.07 Å². The summed E-state index contributed by atoms with van der Waals surface area (Å²) in [6, 6.07) is 4.50. The highest BCUT2D eigenvalue weighted by Gasteiger charge is 2.20. The second-order valence-corrected chi connectivity index (χ2v) is 7.61. The molecule has 0 unspecified atom stereocenters. The van der Waals surface area contributed by atoms with Crippen LogP contribution in [-0.4, -0.2) is 47.2 Å². The predicted molar refractivity (Wildman–Crippen MR) is 102 cm³/mol. The average molecular weight is 410 g/mol. The zero-order valence-electron chi connectivity index (χ0n) is 13.4. The molecule has 3 aromatic rings. The first-order valence-corrected chi connectivity index (χ1v) is 9.42. The summed E-state index contributed by atoms with van der Waals surface area (Å²) in [6.45, 7) is 2.89. The fraction of sp³-hybridized carbons (Fsp3) is 0.235. The summed E-state index contributed by atoms with van der Waals surface area (Å²) in [7, 11) is 0. The molecular weight excluding hydrogens is 397 g/mol. The number of rotatable bonds is 3. The van der Waals surface area contributed by atoms with Crippen LogP contribution in [0.4, 0.5) is 5.13 Å². The Hall–Kier alpha value is -1.93. The van der Waals surface area contributed by atoms with E-state index in [0.29, 0.717) is 24.4 Å². The number of pyridine rings is 1. The Morgan fingerprint density at radius 2 is 2.00 bits per heavy atom. The standard InChI is InChI=1S/C17H13Cl2N3O3S/c18-10-6-11(15(24)12(19)7-10)14(23)9-5-13-16(20-8-9)21-17(26-13)22-1-3-25-4-2-22/h5-8,24H,1-4H2. The maximum absolute atomic E-state index is 12.8. The van der Waals surface area contributed by atoms with Crippen molar-refractivity contribution in [2.45, 2.75) is 0 Å². The number of morpholine rings is 1. The van der Waals surface area contributed by atoms with Crippen molar-refractivity contribution >= 4 is 55.8 Å². The first kappa shape index (κ1) is 17.5. The summed E-state index contributed by atoms with van der Waals surface area (Å²) in [5.41, 5.74) is 0.964. The molecule has 0 saturated carbocycles. The molecule has 1 aliphatic rings. The van der Waals surface area contributed by atoms with Crippen molar-refractivity contribution in [1.82, 2.24) is 9.97 Å². The molecule has 0 aliphatic carbocycles. The quantitative estimate of drug-likeness (QED) is 0.663. The average Bonchev–Trinajstić information content (AvgIpc) is 3.08. The van der Waals surface area contributed by atoms with E-state index in [1.165, 1.54) is 29.7 Å². The zero-order chi connectivity index (χ0) is 18.3. The summed E-state index contributed by atoms with van der Waals surface area (Å²) in [6.07, 6.45) is 1.45. The van der Waals surface area contributed by atoms with Crippen LogP contribution in [-0.2, 0) is 4.74 Å². The summed E-state index contributed by atoms with van der Waals surface area (Å²) >= 11 is 13.3.